The average molecular weight is 344 g/mol. The van der Waals surface area contributed by atoms with Gasteiger partial charge in [-0.1, -0.05) is 22.0 Å². The lowest BCUT2D eigenvalue weighted by atomic mass is 10.2. The second-order valence-electron chi connectivity index (χ2n) is 3.42. The van der Waals surface area contributed by atoms with Crippen LogP contribution in [0.3, 0.4) is 0 Å². The minimum absolute atomic E-state index is 0.135. The molecule has 106 valence electrons. The van der Waals surface area contributed by atoms with Crippen molar-refractivity contribution in [3.63, 3.8) is 0 Å². The summed E-state index contributed by atoms with van der Waals surface area (Å²) in [6.07, 6.45) is -4.47. The van der Waals surface area contributed by atoms with E-state index in [0.29, 0.717) is 10.9 Å². The minimum Gasteiger partial charge on any atom is -0.460 e. The van der Waals surface area contributed by atoms with E-state index < -0.39 is 24.5 Å². The van der Waals surface area contributed by atoms with Crippen LogP contribution in [0.5, 0.6) is 5.75 Å². The predicted molar refractivity (Wildman–Crippen MR) is 63.2 cm³/mol. The van der Waals surface area contributed by atoms with Crippen molar-refractivity contribution in [2.24, 2.45) is 0 Å². The topological polar surface area (TPSA) is 61.6 Å². The average Bonchev–Trinajstić information content (AvgIpc) is 2.33. The Kier molecular flexibility index (Phi) is 5.55. The van der Waals surface area contributed by atoms with Crippen molar-refractivity contribution in [2.45, 2.75) is 11.5 Å². The standard InChI is InChI=1S/C10H9BrF3NO4/c11-4-7-1-2-8(15(16)17)9(3-7)19-6-18-5-10(12,13)14/h1-3H,4-6H2. The second kappa shape index (κ2) is 6.71. The van der Waals surface area contributed by atoms with Gasteiger partial charge in [-0.3, -0.25) is 10.1 Å². The van der Waals surface area contributed by atoms with Crippen LogP contribution in [0, 0.1) is 10.1 Å². The molecule has 1 aromatic rings. The van der Waals surface area contributed by atoms with Crippen molar-refractivity contribution in [1.82, 2.24) is 0 Å². The summed E-state index contributed by atoms with van der Waals surface area (Å²) in [5, 5.41) is 11.1. The number of benzene rings is 1. The highest BCUT2D eigenvalue weighted by Crippen LogP contribution is 2.28. The maximum Gasteiger partial charge on any atom is 0.411 e. The fraction of sp³-hybridized carbons (Fsp3) is 0.400. The van der Waals surface area contributed by atoms with Crippen molar-refractivity contribution in [1.29, 1.82) is 0 Å². The number of hydrogen-bond donors (Lipinski definition) is 0. The molecule has 0 atom stereocenters. The van der Waals surface area contributed by atoms with Gasteiger partial charge in [0.05, 0.1) is 4.92 Å². The van der Waals surface area contributed by atoms with Gasteiger partial charge in [0.1, 0.15) is 6.61 Å². The molecule has 0 radical (unpaired) electrons. The van der Waals surface area contributed by atoms with Gasteiger partial charge in [0.15, 0.2) is 12.5 Å². The summed E-state index contributed by atoms with van der Waals surface area (Å²) >= 11 is 3.16. The third-order valence-corrected chi connectivity index (χ3v) is 2.59. The molecule has 0 unspecified atom stereocenters. The summed E-state index contributed by atoms with van der Waals surface area (Å²) < 4.78 is 44.5. The van der Waals surface area contributed by atoms with E-state index in [2.05, 4.69) is 20.7 Å². The van der Waals surface area contributed by atoms with E-state index in [1.165, 1.54) is 18.2 Å². The summed E-state index contributed by atoms with van der Waals surface area (Å²) in [5.41, 5.74) is 0.358. The number of alkyl halides is 4. The molecule has 9 heteroatoms. The van der Waals surface area contributed by atoms with E-state index in [-0.39, 0.29) is 11.4 Å². The van der Waals surface area contributed by atoms with Gasteiger partial charge in [0.2, 0.25) is 0 Å². The third kappa shape index (κ3) is 5.43. The lowest BCUT2D eigenvalue weighted by Gasteiger charge is -2.10. The molecule has 0 amide bonds. The zero-order valence-electron chi connectivity index (χ0n) is 9.45. The molecule has 19 heavy (non-hydrogen) atoms. The molecule has 1 rings (SSSR count). The lowest BCUT2D eigenvalue weighted by Crippen LogP contribution is -2.19. The number of nitro benzene ring substituents is 1. The van der Waals surface area contributed by atoms with Crippen LogP contribution in [0.15, 0.2) is 18.2 Å². The molecule has 0 aliphatic carbocycles. The molecule has 0 heterocycles. The summed E-state index contributed by atoms with van der Waals surface area (Å²) in [6, 6.07) is 4.09. The number of nitro groups is 1. The van der Waals surface area contributed by atoms with Crippen LogP contribution in [-0.4, -0.2) is 24.5 Å². The third-order valence-electron chi connectivity index (χ3n) is 1.94. The normalized spacial score (nSPS) is 11.4. The van der Waals surface area contributed by atoms with Crippen molar-refractivity contribution >= 4 is 21.6 Å². The van der Waals surface area contributed by atoms with Gasteiger partial charge in [0, 0.05) is 11.4 Å². The van der Waals surface area contributed by atoms with Gasteiger partial charge in [-0.05, 0) is 11.6 Å². The number of hydrogen-bond acceptors (Lipinski definition) is 4. The first-order valence-corrected chi connectivity index (χ1v) is 6.06. The summed E-state index contributed by atoms with van der Waals surface area (Å²) in [5.74, 6) is -0.135. The first-order chi connectivity index (χ1) is 8.83. The highest BCUT2D eigenvalue weighted by molar-refractivity contribution is 9.08. The molecule has 0 saturated heterocycles. The van der Waals surface area contributed by atoms with Gasteiger partial charge < -0.3 is 9.47 Å². The van der Waals surface area contributed by atoms with Crippen molar-refractivity contribution in [2.75, 3.05) is 13.4 Å². The van der Waals surface area contributed by atoms with Gasteiger partial charge >= 0.3 is 11.9 Å². The number of rotatable bonds is 6. The van der Waals surface area contributed by atoms with Crippen LogP contribution in [0.1, 0.15) is 5.56 Å². The Morgan fingerprint density at radius 1 is 1.37 bits per heavy atom. The quantitative estimate of drug-likeness (QED) is 0.261. The molecule has 0 aromatic heterocycles. The minimum atomic E-state index is -4.47. The SMILES string of the molecule is O=[N+]([O-])c1ccc(CBr)cc1OCOCC(F)(F)F. The van der Waals surface area contributed by atoms with E-state index >= 15 is 0 Å². The first-order valence-electron chi connectivity index (χ1n) is 4.94. The lowest BCUT2D eigenvalue weighted by molar-refractivity contribution is -0.386. The molecule has 0 N–H and O–H groups in total. The molecular formula is C10H9BrF3NO4. The molecule has 0 spiro atoms. The molecule has 0 aliphatic heterocycles. The van der Waals surface area contributed by atoms with Crippen LogP contribution < -0.4 is 4.74 Å². The van der Waals surface area contributed by atoms with E-state index in [4.69, 9.17) is 4.74 Å². The maximum atomic E-state index is 11.8. The number of halogens is 4. The van der Waals surface area contributed by atoms with Gasteiger partial charge in [-0.15, -0.1) is 0 Å². The Morgan fingerprint density at radius 2 is 2.05 bits per heavy atom. The van der Waals surface area contributed by atoms with Gasteiger partial charge in [-0.25, -0.2) is 0 Å². The van der Waals surface area contributed by atoms with Crippen LogP contribution in [0.2, 0.25) is 0 Å². The van der Waals surface area contributed by atoms with E-state index in [1.807, 2.05) is 0 Å². The fourth-order valence-electron chi connectivity index (χ4n) is 1.17. The zero-order chi connectivity index (χ0) is 14.5. The van der Waals surface area contributed by atoms with E-state index in [9.17, 15) is 23.3 Å². The van der Waals surface area contributed by atoms with Crippen molar-refractivity contribution in [3.05, 3.63) is 33.9 Å². The number of nitrogens with zero attached hydrogens (tertiary/aromatic N) is 1. The first kappa shape index (κ1) is 15.7. The van der Waals surface area contributed by atoms with Gasteiger partial charge in [0.25, 0.3) is 0 Å². The summed E-state index contributed by atoms with van der Waals surface area (Å²) in [6.45, 7) is -2.19. The number of ether oxygens (including phenoxy) is 2. The summed E-state index contributed by atoms with van der Waals surface area (Å²) in [7, 11) is 0. The van der Waals surface area contributed by atoms with Crippen LogP contribution in [0.25, 0.3) is 0 Å². The maximum absolute atomic E-state index is 11.8. The Morgan fingerprint density at radius 3 is 2.58 bits per heavy atom. The molecule has 0 saturated carbocycles. The molecule has 0 fully saturated rings. The largest absolute Gasteiger partial charge is 0.460 e. The Balaban J connectivity index is 2.67. The molecule has 1 aromatic carbocycles. The summed E-state index contributed by atoms with van der Waals surface area (Å²) in [4.78, 5) is 10.0. The second-order valence-corrected chi connectivity index (χ2v) is 3.98. The van der Waals surface area contributed by atoms with Crippen LogP contribution in [-0.2, 0) is 10.1 Å². The van der Waals surface area contributed by atoms with E-state index in [0.717, 1.165) is 0 Å². The highest BCUT2D eigenvalue weighted by atomic mass is 79.9. The van der Waals surface area contributed by atoms with Crippen molar-refractivity contribution in [3.8, 4) is 5.75 Å². The molecule has 0 aliphatic rings. The molecular weight excluding hydrogens is 335 g/mol. The van der Waals surface area contributed by atoms with E-state index in [1.54, 1.807) is 0 Å². The fourth-order valence-corrected chi connectivity index (χ4v) is 1.52. The van der Waals surface area contributed by atoms with Gasteiger partial charge in [-0.2, -0.15) is 13.2 Å². The predicted octanol–water partition coefficient (Wildman–Crippen LogP) is 3.40. The smallest absolute Gasteiger partial charge is 0.411 e. The Hall–Kier alpha value is -1.35. The van der Waals surface area contributed by atoms with Crippen LogP contribution in [0.4, 0.5) is 18.9 Å². The monoisotopic (exact) mass is 343 g/mol. The molecule has 5 nitrogen and oxygen atoms in total. The zero-order valence-corrected chi connectivity index (χ0v) is 11.0. The molecule has 0 bridgehead atoms. The Labute approximate surface area is 114 Å². The highest BCUT2D eigenvalue weighted by Gasteiger charge is 2.27. The van der Waals surface area contributed by atoms with Crippen LogP contribution >= 0.6 is 15.9 Å². The Bertz CT molecular complexity index is 453. The van der Waals surface area contributed by atoms with Crippen molar-refractivity contribution < 1.29 is 27.6 Å².